The van der Waals surface area contributed by atoms with Gasteiger partial charge in [-0.25, -0.2) is 4.98 Å². The van der Waals surface area contributed by atoms with Gasteiger partial charge in [0.25, 0.3) is 0 Å². The Morgan fingerprint density at radius 1 is 1.12 bits per heavy atom. The molecule has 0 radical (unpaired) electrons. The summed E-state index contributed by atoms with van der Waals surface area (Å²) in [5, 5.41) is 7.66. The molecule has 0 saturated heterocycles. The molecule has 3 aromatic rings. The van der Waals surface area contributed by atoms with Gasteiger partial charge in [-0.2, -0.15) is 0 Å². The zero-order valence-corrected chi connectivity index (χ0v) is 14.1. The first-order valence-corrected chi connectivity index (χ1v) is 7.87. The SMILES string of the molecule is CN=C(NCc1nc(C)c(C)o1)NCc1ccnc2ccccc12. The Hall–Kier alpha value is -2.89. The van der Waals surface area contributed by atoms with Crippen molar-refractivity contribution >= 4 is 16.9 Å². The highest BCUT2D eigenvalue weighted by molar-refractivity contribution is 5.83. The summed E-state index contributed by atoms with van der Waals surface area (Å²) in [4.78, 5) is 13.0. The van der Waals surface area contributed by atoms with E-state index in [-0.39, 0.29) is 0 Å². The van der Waals surface area contributed by atoms with Crippen LogP contribution in [0.1, 0.15) is 22.9 Å². The maximum absolute atomic E-state index is 5.56. The first-order valence-electron chi connectivity index (χ1n) is 7.87. The zero-order valence-electron chi connectivity index (χ0n) is 14.1. The van der Waals surface area contributed by atoms with Crippen LogP contribution in [0.5, 0.6) is 0 Å². The molecule has 24 heavy (non-hydrogen) atoms. The van der Waals surface area contributed by atoms with E-state index in [4.69, 9.17) is 4.42 Å². The van der Waals surface area contributed by atoms with Crippen LogP contribution in [0.25, 0.3) is 10.9 Å². The Labute approximate surface area is 141 Å². The van der Waals surface area contributed by atoms with E-state index in [2.05, 4.69) is 31.7 Å². The van der Waals surface area contributed by atoms with Crippen LogP contribution in [0.2, 0.25) is 0 Å². The van der Waals surface area contributed by atoms with Crippen molar-refractivity contribution in [3.8, 4) is 0 Å². The normalized spacial score (nSPS) is 11.7. The molecular formula is C18H21N5O. The summed E-state index contributed by atoms with van der Waals surface area (Å²) >= 11 is 0. The molecule has 6 nitrogen and oxygen atoms in total. The van der Waals surface area contributed by atoms with Crippen molar-refractivity contribution in [3.63, 3.8) is 0 Å². The van der Waals surface area contributed by atoms with E-state index in [9.17, 15) is 0 Å². The largest absolute Gasteiger partial charge is 0.444 e. The summed E-state index contributed by atoms with van der Waals surface area (Å²) in [5.74, 6) is 2.20. The zero-order chi connectivity index (χ0) is 16.9. The summed E-state index contributed by atoms with van der Waals surface area (Å²) in [6.45, 7) is 5.00. The van der Waals surface area contributed by atoms with Crippen LogP contribution in [0.4, 0.5) is 0 Å². The predicted octanol–water partition coefficient (Wildman–Crippen LogP) is 2.70. The highest BCUT2D eigenvalue weighted by atomic mass is 16.4. The van der Waals surface area contributed by atoms with Gasteiger partial charge < -0.3 is 15.1 Å². The van der Waals surface area contributed by atoms with Crippen molar-refractivity contribution in [3.05, 3.63) is 59.4 Å². The van der Waals surface area contributed by atoms with Gasteiger partial charge >= 0.3 is 0 Å². The number of aryl methyl sites for hydroxylation is 2. The van der Waals surface area contributed by atoms with E-state index in [0.29, 0.717) is 24.9 Å². The fraction of sp³-hybridized carbons (Fsp3) is 0.278. The molecule has 0 saturated carbocycles. The van der Waals surface area contributed by atoms with E-state index in [0.717, 1.165) is 22.4 Å². The fourth-order valence-electron chi connectivity index (χ4n) is 2.48. The Morgan fingerprint density at radius 3 is 2.67 bits per heavy atom. The maximum Gasteiger partial charge on any atom is 0.214 e. The highest BCUT2D eigenvalue weighted by Crippen LogP contribution is 2.15. The van der Waals surface area contributed by atoms with Crippen molar-refractivity contribution in [2.75, 3.05) is 7.05 Å². The van der Waals surface area contributed by atoms with Gasteiger partial charge in [0.1, 0.15) is 5.76 Å². The van der Waals surface area contributed by atoms with Crippen molar-refractivity contribution in [2.45, 2.75) is 26.9 Å². The third kappa shape index (κ3) is 3.53. The lowest BCUT2D eigenvalue weighted by Crippen LogP contribution is -2.36. The van der Waals surface area contributed by atoms with Crippen molar-refractivity contribution < 1.29 is 4.42 Å². The molecule has 3 rings (SSSR count). The number of oxazole rings is 1. The second kappa shape index (κ2) is 7.12. The number of guanidine groups is 1. The van der Waals surface area contributed by atoms with Crippen LogP contribution < -0.4 is 10.6 Å². The molecular weight excluding hydrogens is 302 g/mol. The van der Waals surface area contributed by atoms with Crippen LogP contribution in [0, 0.1) is 13.8 Å². The smallest absolute Gasteiger partial charge is 0.214 e. The molecule has 0 aliphatic carbocycles. The van der Waals surface area contributed by atoms with Crippen LogP contribution >= 0.6 is 0 Å². The minimum absolute atomic E-state index is 0.492. The van der Waals surface area contributed by atoms with Crippen molar-refractivity contribution in [1.82, 2.24) is 20.6 Å². The maximum atomic E-state index is 5.56. The molecule has 124 valence electrons. The molecule has 0 unspecified atom stereocenters. The molecule has 0 aliphatic heterocycles. The lowest BCUT2D eigenvalue weighted by molar-refractivity contribution is 0.463. The van der Waals surface area contributed by atoms with E-state index < -0.39 is 0 Å². The number of pyridine rings is 1. The van der Waals surface area contributed by atoms with Gasteiger partial charge in [-0.15, -0.1) is 0 Å². The van der Waals surface area contributed by atoms with E-state index in [1.165, 1.54) is 5.56 Å². The molecule has 0 amide bonds. The Morgan fingerprint density at radius 2 is 1.92 bits per heavy atom. The Kier molecular flexibility index (Phi) is 4.74. The summed E-state index contributed by atoms with van der Waals surface area (Å²) in [7, 11) is 1.74. The molecule has 0 spiro atoms. The van der Waals surface area contributed by atoms with Crippen molar-refractivity contribution in [2.24, 2.45) is 4.99 Å². The van der Waals surface area contributed by atoms with Crippen LogP contribution in [-0.4, -0.2) is 23.0 Å². The number of fused-ring (bicyclic) bond motifs is 1. The topological polar surface area (TPSA) is 75.3 Å². The Balaban J connectivity index is 1.63. The predicted molar refractivity (Wildman–Crippen MR) is 94.8 cm³/mol. The van der Waals surface area contributed by atoms with Gasteiger partial charge in [0.15, 0.2) is 5.96 Å². The summed E-state index contributed by atoms with van der Waals surface area (Å²) in [6, 6.07) is 10.1. The van der Waals surface area contributed by atoms with Crippen LogP contribution in [-0.2, 0) is 13.1 Å². The number of aliphatic imine (C=N–C) groups is 1. The monoisotopic (exact) mass is 323 g/mol. The number of nitrogens with one attached hydrogen (secondary N) is 2. The number of aromatic nitrogens is 2. The molecule has 2 heterocycles. The molecule has 0 atom stereocenters. The average molecular weight is 323 g/mol. The Bertz CT molecular complexity index is 844. The van der Waals surface area contributed by atoms with Crippen LogP contribution in [0.15, 0.2) is 45.9 Å². The molecule has 2 N–H and O–H groups in total. The van der Waals surface area contributed by atoms with E-state index in [1.54, 1.807) is 7.05 Å². The summed E-state index contributed by atoms with van der Waals surface area (Å²) < 4.78 is 5.56. The number of hydrogen-bond donors (Lipinski definition) is 2. The minimum Gasteiger partial charge on any atom is -0.444 e. The third-order valence-corrected chi connectivity index (χ3v) is 3.89. The number of para-hydroxylation sites is 1. The average Bonchev–Trinajstić information content (AvgIpc) is 2.93. The summed E-state index contributed by atoms with van der Waals surface area (Å²) in [5.41, 5.74) is 3.08. The second-order valence-corrected chi connectivity index (χ2v) is 5.52. The molecule has 2 aromatic heterocycles. The van der Waals surface area contributed by atoms with Gasteiger partial charge in [-0.3, -0.25) is 9.98 Å². The van der Waals surface area contributed by atoms with Gasteiger partial charge in [0.2, 0.25) is 5.89 Å². The standard InChI is InChI=1S/C18H21N5O/c1-12-13(2)24-17(23-12)11-22-18(19-3)21-10-14-8-9-20-16-7-5-4-6-15(14)16/h4-9H,10-11H2,1-3H3,(H2,19,21,22). The quantitative estimate of drug-likeness (QED) is 0.570. The molecule has 1 aromatic carbocycles. The first-order chi connectivity index (χ1) is 11.7. The van der Waals surface area contributed by atoms with Gasteiger partial charge in [0, 0.05) is 25.2 Å². The highest BCUT2D eigenvalue weighted by Gasteiger charge is 2.07. The molecule has 0 fully saturated rings. The number of nitrogens with zero attached hydrogens (tertiary/aromatic N) is 3. The van der Waals surface area contributed by atoms with Gasteiger partial charge in [-0.05, 0) is 31.5 Å². The second-order valence-electron chi connectivity index (χ2n) is 5.52. The van der Waals surface area contributed by atoms with E-state index in [1.807, 2.05) is 44.3 Å². The molecule has 0 bridgehead atoms. The lowest BCUT2D eigenvalue weighted by atomic mass is 10.1. The minimum atomic E-state index is 0.492. The van der Waals surface area contributed by atoms with Gasteiger partial charge in [0.05, 0.1) is 17.8 Å². The fourth-order valence-corrected chi connectivity index (χ4v) is 2.48. The molecule has 6 heteroatoms. The number of hydrogen-bond acceptors (Lipinski definition) is 4. The van der Waals surface area contributed by atoms with Crippen LogP contribution in [0.3, 0.4) is 0 Å². The first kappa shape index (κ1) is 16.0. The third-order valence-electron chi connectivity index (χ3n) is 3.89. The van der Waals surface area contributed by atoms with Gasteiger partial charge in [-0.1, -0.05) is 18.2 Å². The number of benzene rings is 1. The van der Waals surface area contributed by atoms with Crippen molar-refractivity contribution in [1.29, 1.82) is 0 Å². The summed E-state index contributed by atoms with van der Waals surface area (Å²) in [6.07, 6.45) is 1.83. The van der Waals surface area contributed by atoms with E-state index >= 15 is 0 Å². The molecule has 0 aliphatic rings. The number of rotatable bonds is 4. The lowest BCUT2D eigenvalue weighted by Gasteiger charge is -2.12.